The summed E-state index contributed by atoms with van der Waals surface area (Å²) in [5.74, 6) is 0. The number of hydrogen-bond acceptors (Lipinski definition) is 4. The van der Waals surface area contributed by atoms with Gasteiger partial charge in [-0.05, 0) is 30.5 Å². The number of nitro benzene ring substituents is 1. The highest BCUT2D eigenvalue weighted by Crippen LogP contribution is 2.29. The van der Waals surface area contributed by atoms with E-state index in [-0.39, 0.29) is 16.0 Å². The third kappa shape index (κ3) is 2.86. The molecule has 1 aromatic carbocycles. The first-order valence-electron chi connectivity index (χ1n) is 6.18. The molecule has 0 spiro atoms. The van der Waals surface area contributed by atoms with E-state index in [1.807, 2.05) is 12.1 Å². The Kier molecular flexibility index (Phi) is 3.63. The van der Waals surface area contributed by atoms with Crippen molar-refractivity contribution in [2.75, 3.05) is 19.6 Å². The fourth-order valence-corrected chi connectivity index (χ4v) is 2.41. The third-order valence-corrected chi connectivity index (χ3v) is 3.68. The van der Waals surface area contributed by atoms with Crippen LogP contribution >= 0.6 is 0 Å². The normalized spacial score (nSPS) is 24.3. The van der Waals surface area contributed by atoms with E-state index in [2.05, 4.69) is 11.8 Å². The molecular weight excluding hydrogens is 230 g/mol. The molecule has 0 aromatic heterocycles. The molecule has 1 aliphatic rings. The minimum Gasteiger partial charge on any atom is -0.330 e. The van der Waals surface area contributed by atoms with Gasteiger partial charge in [0.1, 0.15) is 0 Å². The molecule has 98 valence electrons. The lowest BCUT2D eigenvalue weighted by Crippen LogP contribution is -2.31. The lowest BCUT2D eigenvalue weighted by molar-refractivity contribution is -0.384. The van der Waals surface area contributed by atoms with Gasteiger partial charge in [-0.1, -0.05) is 19.1 Å². The monoisotopic (exact) mass is 249 g/mol. The lowest BCUT2D eigenvalue weighted by atomic mass is 9.90. The molecule has 1 aliphatic heterocycles. The fourth-order valence-electron chi connectivity index (χ4n) is 2.41. The summed E-state index contributed by atoms with van der Waals surface area (Å²) in [5.41, 5.74) is 7.26. The number of likely N-dealkylation sites (tertiary alicyclic amines) is 1. The van der Waals surface area contributed by atoms with Crippen LogP contribution in [0.2, 0.25) is 0 Å². The van der Waals surface area contributed by atoms with Crippen LogP contribution in [0.15, 0.2) is 24.3 Å². The van der Waals surface area contributed by atoms with Gasteiger partial charge in [-0.25, -0.2) is 0 Å². The predicted molar refractivity (Wildman–Crippen MR) is 70.2 cm³/mol. The van der Waals surface area contributed by atoms with Gasteiger partial charge in [0.25, 0.3) is 5.69 Å². The van der Waals surface area contributed by atoms with E-state index in [0.717, 1.165) is 31.6 Å². The number of nitrogens with zero attached hydrogens (tertiary/aromatic N) is 2. The van der Waals surface area contributed by atoms with Crippen molar-refractivity contribution < 1.29 is 4.92 Å². The van der Waals surface area contributed by atoms with E-state index < -0.39 is 0 Å². The molecule has 5 nitrogen and oxygen atoms in total. The first-order valence-corrected chi connectivity index (χ1v) is 6.18. The van der Waals surface area contributed by atoms with E-state index in [1.54, 1.807) is 12.1 Å². The van der Waals surface area contributed by atoms with E-state index in [4.69, 9.17) is 5.73 Å². The number of nitrogens with two attached hydrogens (primary N) is 1. The molecule has 1 aromatic rings. The van der Waals surface area contributed by atoms with Crippen LogP contribution in [0, 0.1) is 15.5 Å². The Morgan fingerprint density at radius 3 is 2.61 bits per heavy atom. The third-order valence-electron chi connectivity index (χ3n) is 3.68. The van der Waals surface area contributed by atoms with Crippen molar-refractivity contribution in [1.82, 2.24) is 4.90 Å². The summed E-state index contributed by atoms with van der Waals surface area (Å²) in [6.07, 6.45) is 1.12. The highest BCUT2D eigenvalue weighted by molar-refractivity contribution is 5.32. The largest absolute Gasteiger partial charge is 0.330 e. The summed E-state index contributed by atoms with van der Waals surface area (Å²) >= 11 is 0. The fraction of sp³-hybridized carbons (Fsp3) is 0.538. The topological polar surface area (TPSA) is 72.4 Å². The SMILES string of the molecule is CC1(CN)CCN(Cc2ccc([N+](=O)[O-])cc2)C1. The Labute approximate surface area is 107 Å². The molecule has 1 unspecified atom stereocenters. The zero-order chi connectivity index (χ0) is 13.2. The van der Waals surface area contributed by atoms with Gasteiger partial charge < -0.3 is 5.73 Å². The van der Waals surface area contributed by atoms with Crippen molar-refractivity contribution in [3.05, 3.63) is 39.9 Å². The van der Waals surface area contributed by atoms with Crippen molar-refractivity contribution >= 4 is 5.69 Å². The maximum absolute atomic E-state index is 10.6. The van der Waals surface area contributed by atoms with Crippen LogP contribution in [0.1, 0.15) is 18.9 Å². The molecule has 1 atom stereocenters. The van der Waals surface area contributed by atoms with Gasteiger partial charge in [0.05, 0.1) is 4.92 Å². The molecule has 0 radical (unpaired) electrons. The Hall–Kier alpha value is -1.46. The summed E-state index contributed by atoms with van der Waals surface area (Å²) in [7, 11) is 0. The van der Waals surface area contributed by atoms with Crippen LogP contribution in [0.25, 0.3) is 0 Å². The first-order chi connectivity index (χ1) is 8.52. The zero-order valence-electron chi connectivity index (χ0n) is 10.6. The smallest absolute Gasteiger partial charge is 0.269 e. The van der Waals surface area contributed by atoms with Crippen LogP contribution in [0.4, 0.5) is 5.69 Å². The number of benzene rings is 1. The molecule has 0 saturated carbocycles. The van der Waals surface area contributed by atoms with Gasteiger partial charge in [0.15, 0.2) is 0 Å². The Balaban J connectivity index is 1.96. The summed E-state index contributed by atoms with van der Waals surface area (Å²) < 4.78 is 0. The molecule has 18 heavy (non-hydrogen) atoms. The maximum atomic E-state index is 10.6. The minimum absolute atomic E-state index is 0.145. The molecule has 2 N–H and O–H groups in total. The van der Waals surface area contributed by atoms with Crippen molar-refractivity contribution in [3.63, 3.8) is 0 Å². The number of rotatable bonds is 4. The summed E-state index contributed by atoms with van der Waals surface area (Å²) in [6.45, 7) is 5.81. The number of nitro groups is 1. The van der Waals surface area contributed by atoms with Crippen molar-refractivity contribution in [2.45, 2.75) is 19.9 Å². The molecule has 1 saturated heterocycles. The molecule has 5 heteroatoms. The average Bonchev–Trinajstić information content (AvgIpc) is 2.72. The summed E-state index contributed by atoms with van der Waals surface area (Å²) in [6, 6.07) is 6.79. The van der Waals surface area contributed by atoms with Crippen LogP contribution in [-0.2, 0) is 6.54 Å². The molecule has 0 bridgehead atoms. The average molecular weight is 249 g/mol. The first kappa shape index (κ1) is 13.0. The van der Waals surface area contributed by atoms with Crippen LogP contribution < -0.4 is 5.73 Å². The quantitative estimate of drug-likeness (QED) is 0.652. The van der Waals surface area contributed by atoms with Gasteiger partial charge in [-0.15, -0.1) is 0 Å². The van der Waals surface area contributed by atoms with E-state index in [0.29, 0.717) is 6.54 Å². The molecule has 2 rings (SSSR count). The molecule has 1 heterocycles. The second-order valence-electron chi connectivity index (χ2n) is 5.40. The summed E-state index contributed by atoms with van der Waals surface area (Å²) in [5, 5.41) is 10.6. The van der Waals surface area contributed by atoms with E-state index in [1.165, 1.54) is 0 Å². The van der Waals surface area contributed by atoms with Gasteiger partial charge in [0.2, 0.25) is 0 Å². The van der Waals surface area contributed by atoms with Gasteiger partial charge >= 0.3 is 0 Å². The van der Waals surface area contributed by atoms with Gasteiger partial charge in [-0.3, -0.25) is 15.0 Å². The number of non-ortho nitro benzene ring substituents is 1. The lowest BCUT2D eigenvalue weighted by Gasteiger charge is -2.22. The number of hydrogen-bond donors (Lipinski definition) is 1. The molecular formula is C13H19N3O2. The summed E-state index contributed by atoms with van der Waals surface area (Å²) in [4.78, 5) is 12.5. The van der Waals surface area contributed by atoms with Gasteiger partial charge in [0, 0.05) is 25.2 Å². The Morgan fingerprint density at radius 1 is 1.44 bits per heavy atom. The molecule has 0 amide bonds. The van der Waals surface area contributed by atoms with Crippen molar-refractivity contribution in [3.8, 4) is 0 Å². The maximum Gasteiger partial charge on any atom is 0.269 e. The van der Waals surface area contributed by atoms with Crippen LogP contribution in [0.3, 0.4) is 0 Å². The minimum atomic E-state index is -0.370. The standard InChI is InChI=1S/C13H19N3O2/c1-13(9-14)6-7-15(10-13)8-11-2-4-12(5-3-11)16(17)18/h2-5H,6-10,14H2,1H3. The highest BCUT2D eigenvalue weighted by atomic mass is 16.6. The Morgan fingerprint density at radius 2 is 2.11 bits per heavy atom. The molecule has 0 aliphatic carbocycles. The van der Waals surface area contributed by atoms with Gasteiger partial charge in [-0.2, -0.15) is 0 Å². The highest BCUT2D eigenvalue weighted by Gasteiger charge is 2.32. The molecule has 1 fully saturated rings. The van der Waals surface area contributed by atoms with Crippen molar-refractivity contribution in [2.24, 2.45) is 11.1 Å². The van der Waals surface area contributed by atoms with E-state index in [9.17, 15) is 10.1 Å². The predicted octanol–water partition coefficient (Wildman–Crippen LogP) is 1.77. The van der Waals surface area contributed by atoms with Crippen molar-refractivity contribution in [1.29, 1.82) is 0 Å². The zero-order valence-corrected chi connectivity index (χ0v) is 10.6. The Bertz CT molecular complexity index is 432. The van der Waals surface area contributed by atoms with E-state index >= 15 is 0 Å². The van der Waals surface area contributed by atoms with Crippen LogP contribution in [-0.4, -0.2) is 29.5 Å². The second kappa shape index (κ2) is 5.04. The van der Waals surface area contributed by atoms with Crippen LogP contribution in [0.5, 0.6) is 0 Å². The second-order valence-corrected chi connectivity index (χ2v) is 5.40.